The largest absolute Gasteiger partial charge is 0.344 e. The van der Waals surface area contributed by atoms with Crippen molar-refractivity contribution in [2.45, 2.75) is 30.7 Å². The van der Waals surface area contributed by atoms with E-state index in [0.29, 0.717) is 23.7 Å². The van der Waals surface area contributed by atoms with Gasteiger partial charge < -0.3 is 4.57 Å². The first-order chi connectivity index (χ1) is 9.87. The highest BCUT2D eigenvalue weighted by Gasteiger charge is 3.15. The van der Waals surface area contributed by atoms with Crippen LogP contribution in [0.1, 0.15) is 0 Å². The summed E-state index contributed by atoms with van der Waals surface area (Å²) in [6.07, 6.45) is 0. The molecule has 7 nitrogen and oxygen atoms in total. The van der Waals surface area contributed by atoms with Crippen molar-refractivity contribution in [2.75, 3.05) is 0 Å². The maximum atomic E-state index is 13.0. The standard InChI is InChI=1S/C13H15N5O2Si/c1-21(2,3)18-11(20)17(10(19)15-16-14)12-6-4-5-8(6)13(12,18)9(5)7(4)12/h4-9H,1-3H3. The zero-order valence-corrected chi connectivity index (χ0v) is 13.0. The normalized spacial score (nSPS) is 58.7. The van der Waals surface area contributed by atoms with Gasteiger partial charge in [-0.25, -0.2) is 4.79 Å². The van der Waals surface area contributed by atoms with Gasteiger partial charge in [-0.2, -0.15) is 0 Å². The Morgan fingerprint density at radius 1 is 1.19 bits per heavy atom. The van der Waals surface area contributed by atoms with E-state index in [-0.39, 0.29) is 17.1 Å². The minimum Gasteiger partial charge on any atom is -0.344 e. The summed E-state index contributed by atoms with van der Waals surface area (Å²) >= 11 is 0. The Morgan fingerprint density at radius 2 is 1.71 bits per heavy atom. The summed E-state index contributed by atoms with van der Waals surface area (Å²) in [5.41, 5.74) is 8.26. The Kier molecular flexibility index (Phi) is 1.27. The molecular weight excluding hydrogens is 286 g/mol. The van der Waals surface area contributed by atoms with Crippen LogP contribution in [0.4, 0.5) is 9.59 Å². The molecule has 0 bridgehead atoms. The van der Waals surface area contributed by atoms with Crippen LogP contribution in [0.15, 0.2) is 5.11 Å². The van der Waals surface area contributed by atoms with Gasteiger partial charge in [0.1, 0.15) is 0 Å². The van der Waals surface area contributed by atoms with Gasteiger partial charge in [-0.1, -0.05) is 19.6 Å². The van der Waals surface area contributed by atoms with Crippen LogP contribution in [0.2, 0.25) is 19.6 Å². The predicted octanol–water partition coefficient (Wildman–Crippen LogP) is 2.23. The Bertz CT molecular complexity index is 717. The average molecular weight is 301 g/mol. The fourth-order valence-electron chi connectivity index (χ4n) is 7.96. The van der Waals surface area contributed by atoms with E-state index in [4.69, 9.17) is 5.53 Å². The molecule has 0 aromatic rings. The first-order valence-corrected chi connectivity index (χ1v) is 11.1. The quantitative estimate of drug-likeness (QED) is 0.322. The molecule has 0 radical (unpaired) electrons. The van der Waals surface area contributed by atoms with Crippen molar-refractivity contribution in [3.63, 3.8) is 0 Å². The topological polar surface area (TPSA) is 89.4 Å². The average Bonchev–Trinajstić information content (AvgIpc) is 2.61. The zero-order valence-electron chi connectivity index (χ0n) is 12.0. The molecule has 108 valence electrons. The lowest BCUT2D eigenvalue weighted by atomic mass is 8.96. The smallest absolute Gasteiger partial charge is 0.319 e. The van der Waals surface area contributed by atoms with E-state index in [1.165, 1.54) is 4.90 Å². The second kappa shape index (κ2) is 2.40. The number of amides is 4. The number of imide groups is 1. The molecule has 6 aliphatic carbocycles. The molecule has 7 rings (SSSR count). The first-order valence-electron chi connectivity index (χ1n) is 7.61. The van der Waals surface area contributed by atoms with Crippen LogP contribution in [0.5, 0.6) is 0 Å². The minimum absolute atomic E-state index is 0.0516. The molecule has 0 aromatic carbocycles. The number of nitrogens with zero attached hydrogens (tertiary/aromatic N) is 5. The van der Waals surface area contributed by atoms with Crippen molar-refractivity contribution in [1.82, 2.24) is 9.47 Å². The number of urea groups is 2. The lowest BCUT2D eigenvalue weighted by Gasteiger charge is -3.10. The second-order valence-electron chi connectivity index (χ2n) is 8.50. The number of hydrogen-bond acceptors (Lipinski definition) is 2. The van der Waals surface area contributed by atoms with Gasteiger partial charge in [-0.15, -0.1) is 0 Å². The van der Waals surface area contributed by atoms with Gasteiger partial charge >= 0.3 is 12.1 Å². The van der Waals surface area contributed by atoms with Crippen LogP contribution in [-0.4, -0.2) is 40.8 Å². The summed E-state index contributed by atoms with van der Waals surface area (Å²) in [4.78, 5) is 29.3. The molecule has 1 saturated heterocycles. The first kappa shape index (κ1) is 11.1. The summed E-state index contributed by atoms with van der Waals surface area (Å²) in [5.74, 6) is 3.90. The SMILES string of the molecule is C[Si](C)(C)N1C(=O)N(C(=O)N=[N+]=[N-])C23C4C5C6C4C12C6C53. The zero-order chi connectivity index (χ0) is 14.7. The molecule has 2 spiro atoms. The number of carbonyl (C=O) groups excluding carboxylic acids is 2. The summed E-state index contributed by atoms with van der Waals surface area (Å²) in [5, 5.41) is 3.24. The van der Waals surface area contributed by atoms with E-state index in [0.717, 1.165) is 11.8 Å². The van der Waals surface area contributed by atoms with Crippen molar-refractivity contribution in [3.05, 3.63) is 10.4 Å². The maximum absolute atomic E-state index is 13.0. The fraction of sp³-hybridized carbons (Fsp3) is 0.846. The van der Waals surface area contributed by atoms with Crippen molar-refractivity contribution in [1.29, 1.82) is 0 Å². The van der Waals surface area contributed by atoms with Gasteiger partial charge in [-0.05, 0) is 41.0 Å². The molecule has 21 heavy (non-hydrogen) atoms. The number of azide groups is 1. The van der Waals surface area contributed by atoms with Crippen LogP contribution in [-0.2, 0) is 0 Å². The molecule has 4 atom stereocenters. The lowest BCUT2D eigenvalue weighted by Crippen LogP contribution is -3.19. The Labute approximate surface area is 122 Å². The minimum atomic E-state index is -1.87. The molecule has 7 aliphatic rings. The number of carbonyl (C=O) groups is 2. The van der Waals surface area contributed by atoms with Gasteiger partial charge in [0.2, 0.25) is 0 Å². The molecule has 4 unspecified atom stereocenters. The van der Waals surface area contributed by atoms with Gasteiger partial charge in [-0.3, -0.25) is 9.69 Å². The Balaban J connectivity index is 1.56. The molecule has 8 heteroatoms. The van der Waals surface area contributed by atoms with Crippen molar-refractivity contribution < 1.29 is 9.59 Å². The van der Waals surface area contributed by atoms with Crippen LogP contribution >= 0.6 is 0 Å². The van der Waals surface area contributed by atoms with Gasteiger partial charge in [0.15, 0.2) is 8.24 Å². The molecule has 6 saturated carbocycles. The summed E-state index contributed by atoms with van der Waals surface area (Å²) in [7, 11) is -1.87. The second-order valence-corrected chi connectivity index (χ2v) is 13.3. The predicted molar refractivity (Wildman–Crippen MR) is 73.4 cm³/mol. The summed E-state index contributed by atoms with van der Waals surface area (Å²) < 4.78 is 2.10. The third-order valence-corrected chi connectivity index (χ3v) is 9.57. The molecule has 1 heterocycles. The van der Waals surface area contributed by atoms with Gasteiger partial charge in [0.25, 0.3) is 0 Å². The van der Waals surface area contributed by atoms with E-state index in [2.05, 4.69) is 34.2 Å². The third-order valence-electron chi connectivity index (χ3n) is 7.67. The molecule has 1 aliphatic heterocycles. The van der Waals surface area contributed by atoms with E-state index < -0.39 is 14.3 Å². The van der Waals surface area contributed by atoms with Crippen molar-refractivity contribution in [3.8, 4) is 0 Å². The van der Waals surface area contributed by atoms with E-state index >= 15 is 0 Å². The van der Waals surface area contributed by atoms with Crippen LogP contribution in [0, 0.1) is 35.5 Å². The van der Waals surface area contributed by atoms with Crippen LogP contribution in [0.3, 0.4) is 0 Å². The monoisotopic (exact) mass is 301 g/mol. The number of hydrogen-bond donors (Lipinski definition) is 0. The van der Waals surface area contributed by atoms with E-state index in [9.17, 15) is 9.59 Å². The van der Waals surface area contributed by atoms with E-state index in [1.807, 2.05) is 0 Å². The lowest BCUT2D eigenvalue weighted by molar-refractivity contribution is -0.603. The van der Waals surface area contributed by atoms with Crippen molar-refractivity contribution >= 4 is 20.3 Å². The highest BCUT2D eigenvalue weighted by molar-refractivity contribution is 6.76. The maximum Gasteiger partial charge on any atom is 0.319 e. The van der Waals surface area contributed by atoms with Gasteiger partial charge in [0.05, 0.1) is 11.1 Å². The number of rotatable bonds is 1. The summed E-state index contributed by atoms with van der Waals surface area (Å²) in [6, 6.07) is -0.858. The molecule has 0 aromatic heterocycles. The Hall–Kier alpha value is -1.53. The molecule has 7 fully saturated rings. The van der Waals surface area contributed by atoms with E-state index in [1.54, 1.807) is 0 Å². The van der Waals surface area contributed by atoms with Crippen LogP contribution < -0.4 is 0 Å². The van der Waals surface area contributed by atoms with Crippen molar-refractivity contribution in [2.24, 2.45) is 40.6 Å². The van der Waals surface area contributed by atoms with Crippen LogP contribution in [0.25, 0.3) is 10.4 Å². The third kappa shape index (κ3) is 0.586. The fourth-order valence-corrected chi connectivity index (χ4v) is 10.2. The summed E-state index contributed by atoms with van der Waals surface area (Å²) in [6.45, 7) is 6.51. The molecule has 4 amide bonds. The Morgan fingerprint density at radius 3 is 2.19 bits per heavy atom. The molecule has 0 N–H and O–H groups in total. The molecular formula is C13H15N5O2Si. The highest BCUT2D eigenvalue weighted by Crippen LogP contribution is 3.07. The van der Waals surface area contributed by atoms with Gasteiger partial charge in [0, 0.05) is 10.0 Å². The highest BCUT2D eigenvalue weighted by atomic mass is 28.3.